The first-order chi connectivity index (χ1) is 13.4. The first-order valence-electron chi connectivity index (χ1n) is 9.47. The number of sulfonamides is 1. The zero-order chi connectivity index (χ0) is 20.0. The van der Waals surface area contributed by atoms with Crippen molar-refractivity contribution in [1.29, 1.82) is 0 Å². The lowest BCUT2D eigenvalue weighted by molar-refractivity contribution is -0.145. The van der Waals surface area contributed by atoms with Crippen molar-refractivity contribution in [2.75, 3.05) is 0 Å². The molecule has 0 aliphatic heterocycles. The van der Waals surface area contributed by atoms with E-state index in [9.17, 15) is 13.2 Å². The zero-order valence-corrected chi connectivity index (χ0v) is 16.7. The number of rotatable bonds is 6. The Hall–Kier alpha value is -2.44. The van der Waals surface area contributed by atoms with Gasteiger partial charge in [-0.2, -0.15) is 0 Å². The lowest BCUT2D eigenvalue weighted by Gasteiger charge is -2.31. The fourth-order valence-corrected chi connectivity index (χ4v) is 4.57. The quantitative estimate of drug-likeness (QED) is 0.592. The Labute approximate surface area is 166 Å². The number of aryl methyl sites for hydroxylation is 1. The second kappa shape index (κ2) is 9.17. The summed E-state index contributed by atoms with van der Waals surface area (Å²) in [5.41, 5.74) is 1.90. The summed E-state index contributed by atoms with van der Waals surface area (Å²) in [7, 11) is -3.66. The summed E-state index contributed by atoms with van der Waals surface area (Å²) in [5, 5.41) is 0. The largest absolute Gasteiger partial charge is 0.458 e. The number of carbonyl (C=O) groups is 1. The number of nitrogens with one attached hydrogen (secondary N) is 1. The Kier molecular flexibility index (Phi) is 6.65. The van der Waals surface area contributed by atoms with Crippen molar-refractivity contribution in [3.63, 3.8) is 0 Å². The Morgan fingerprint density at radius 2 is 1.71 bits per heavy atom. The van der Waals surface area contributed by atoms with Crippen LogP contribution in [-0.2, 0) is 19.6 Å². The minimum Gasteiger partial charge on any atom is -0.458 e. The van der Waals surface area contributed by atoms with Crippen molar-refractivity contribution in [3.05, 3.63) is 71.8 Å². The maximum atomic E-state index is 12.7. The van der Waals surface area contributed by atoms with Crippen LogP contribution in [0.15, 0.2) is 65.6 Å². The van der Waals surface area contributed by atoms with Gasteiger partial charge in [-0.25, -0.2) is 17.9 Å². The van der Waals surface area contributed by atoms with Crippen LogP contribution < -0.4 is 4.72 Å². The molecule has 0 bridgehead atoms. The van der Waals surface area contributed by atoms with Crippen molar-refractivity contribution in [2.45, 2.75) is 49.6 Å². The molecule has 0 saturated heterocycles. The van der Waals surface area contributed by atoms with Crippen LogP contribution in [0.4, 0.5) is 0 Å². The van der Waals surface area contributed by atoms with E-state index in [0.717, 1.165) is 24.0 Å². The molecule has 3 rings (SSSR count). The molecule has 5 nitrogen and oxygen atoms in total. The van der Waals surface area contributed by atoms with E-state index in [1.807, 2.05) is 37.3 Å². The minimum atomic E-state index is -3.66. The lowest BCUT2D eigenvalue weighted by atomic mass is 9.93. The standard InChI is InChI=1S/C22H25NO4S/c1-17-11-14-19(15-12-17)28(25,26)23-20-9-5-6-10-21(20)27-22(24)16-13-18-7-3-2-4-8-18/h2-4,7-8,11-16,20-21,23H,5-6,9-10H2,1H3/b16-13+/t20-,21-/m1/s1. The molecule has 0 amide bonds. The molecule has 1 aliphatic rings. The van der Waals surface area contributed by atoms with Crippen LogP contribution in [0.2, 0.25) is 0 Å². The zero-order valence-electron chi connectivity index (χ0n) is 15.9. The highest BCUT2D eigenvalue weighted by molar-refractivity contribution is 7.89. The van der Waals surface area contributed by atoms with Crippen molar-refractivity contribution < 1.29 is 17.9 Å². The smallest absolute Gasteiger partial charge is 0.331 e. The summed E-state index contributed by atoms with van der Waals surface area (Å²) in [4.78, 5) is 12.4. The Bertz CT molecular complexity index is 921. The molecule has 0 radical (unpaired) electrons. The average Bonchev–Trinajstić information content (AvgIpc) is 2.69. The molecule has 2 aromatic rings. The van der Waals surface area contributed by atoms with E-state index in [1.54, 1.807) is 30.3 Å². The fourth-order valence-electron chi connectivity index (χ4n) is 3.27. The summed E-state index contributed by atoms with van der Waals surface area (Å²) in [5.74, 6) is -0.463. The number of ether oxygens (including phenoxy) is 1. The van der Waals surface area contributed by atoms with E-state index in [2.05, 4.69) is 4.72 Å². The van der Waals surface area contributed by atoms with Gasteiger partial charge in [0.15, 0.2) is 0 Å². The van der Waals surface area contributed by atoms with Gasteiger partial charge < -0.3 is 4.74 Å². The van der Waals surface area contributed by atoms with Gasteiger partial charge in [-0.3, -0.25) is 0 Å². The van der Waals surface area contributed by atoms with E-state index in [4.69, 9.17) is 4.74 Å². The van der Waals surface area contributed by atoms with E-state index < -0.39 is 28.1 Å². The van der Waals surface area contributed by atoms with Crippen LogP contribution in [0.5, 0.6) is 0 Å². The van der Waals surface area contributed by atoms with E-state index >= 15 is 0 Å². The average molecular weight is 400 g/mol. The monoisotopic (exact) mass is 399 g/mol. The fraction of sp³-hybridized carbons (Fsp3) is 0.318. The van der Waals surface area contributed by atoms with E-state index in [-0.39, 0.29) is 4.90 Å². The molecule has 2 aromatic carbocycles. The highest BCUT2D eigenvalue weighted by Gasteiger charge is 2.31. The number of hydrogen-bond acceptors (Lipinski definition) is 4. The second-order valence-corrected chi connectivity index (χ2v) is 8.76. The van der Waals surface area contributed by atoms with Gasteiger partial charge in [0.1, 0.15) is 6.10 Å². The molecule has 2 atom stereocenters. The van der Waals surface area contributed by atoms with Gasteiger partial charge >= 0.3 is 5.97 Å². The molecule has 0 heterocycles. The molecule has 1 N–H and O–H groups in total. The Balaban J connectivity index is 1.65. The topological polar surface area (TPSA) is 72.5 Å². The number of benzene rings is 2. The molecule has 6 heteroatoms. The predicted molar refractivity (Wildman–Crippen MR) is 109 cm³/mol. The number of carbonyl (C=O) groups excluding carboxylic acids is 1. The Morgan fingerprint density at radius 3 is 2.43 bits per heavy atom. The summed E-state index contributed by atoms with van der Waals surface area (Å²) in [6, 6.07) is 15.8. The third-order valence-corrected chi connectivity index (χ3v) is 6.33. The maximum absolute atomic E-state index is 12.7. The molecule has 0 aromatic heterocycles. The highest BCUT2D eigenvalue weighted by atomic mass is 32.2. The summed E-state index contributed by atoms with van der Waals surface area (Å²) < 4.78 is 33.7. The first-order valence-corrected chi connectivity index (χ1v) is 10.9. The van der Waals surface area contributed by atoms with Crippen molar-refractivity contribution >= 4 is 22.1 Å². The SMILES string of the molecule is Cc1ccc(S(=O)(=O)N[C@@H]2CCCC[C@H]2OC(=O)/C=C/c2ccccc2)cc1. The summed E-state index contributed by atoms with van der Waals surface area (Å²) >= 11 is 0. The van der Waals surface area contributed by atoms with Crippen LogP contribution in [0.3, 0.4) is 0 Å². The molecular formula is C22H25NO4S. The molecule has 0 unspecified atom stereocenters. The van der Waals surface area contributed by atoms with Gasteiger partial charge in [0, 0.05) is 6.08 Å². The van der Waals surface area contributed by atoms with Crippen LogP contribution in [0.1, 0.15) is 36.8 Å². The van der Waals surface area contributed by atoms with E-state index in [0.29, 0.717) is 12.8 Å². The third-order valence-electron chi connectivity index (χ3n) is 4.82. The van der Waals surface area contributed by atoms with Gasteiger partial charge in [0.05, 0.1) is 10.9 Å². The van der Waals surface area contributed by atoms with Crippen LogP contribution in [-0.4, -0.2) is 26.5 Å². The number of hydrogen-bond donors (Lipinski definition) is 1. The molecule has 1 saturated carbocycles. The highest BCUT2D eigenvalue weighted by Crippen LogP contribution is 2.24. The molecular weight excluding hydrogens is 374 g/mol. The van der Waals surface area contributed by atoms with Crippen LogP contribution >= 0.6 is 0 Å². The van der Waals surface area contributed by atoms with Gasteiger partial charge in [0.25, 0.3) is 0 Å². The molecule has 148 valence electrons. The predicted octanol–water partition coefficient (Wildman–Crippen LogP) is 3.84. The van der Waals surface area contributed by atoms with Gasteiger partial charge in [-0.05, 0) is 50.0 Å². The van der Waals surface area contributed by atoms with Crippen LogP contribution in [0.25, 0.3) is 6.08 Å². The molecule has 0 spiro atoms. The number of esters is 1. The lowest BCUT2D eigenvalue weighted by Crippen LogP contribution is -2.46. The van der Waals surface area contributed by atoms with E-state index in [1.165, 1.54) is 6.08 Å². The molecule has 1 fully saturated rings. The van der Waals surface area contributed by atoms with Crippen molar-refractivity contribution in [3.8, 4) is 0 Å². The van der Waals surface area contributed by atoms with Crippen molar-refractivity contribution in [2.24, 2.45) is 0 Å². The van der Waals surface area contributed by atoms with Crippen LogP contribution in [0, 0.1) is 6.92 Å². The van der Waals surface area contributed by atoms with Crippen molar-refractivity contribution in [1.82, 2.24) is 4.72 Å². The third kappa shape index (κ3) is 5.53. The Morgan fingerprint density at radius 1 is 1.04 bits per heavy atom. The second-order valence-electron chi connectivity index (χ2n) is 7.04. The van der Waals surface area contributed by atoms with Gasteiger partial charge in [0.2, 0.25) is 10.0 Å². The van der Waals surface area contributed by atoms with Gasteiger partial charge in [-0.15, -0.1) is 0 Å². The minimum absolute atomic E-state index is 0.220. The first kappa shape index (κ1) is 20.3. The summed E-state index contributed by atoms with van der Waals surface area (Å²) in [6.45, 7) is 1.91. The molecule has 1 aliphatic carbocycles. The summed E-state index contributed by atoms with van der Waals surface area (Å²) in [6.07, 6.45) is 5.70. The maximum Gasteiger partial charge on any atom is 0.331 e. The normalized spacial score (nSPS) is 20.2. The van der Waals surface area contributed by atoms with Gasteiger partial charge in [-0.1, -0.05) is 54.4 Å². The molecule has 28 heavy (non-hydrogen) atoms.